The number of aliphatic hydroxyl groups excluding tert-OH is 5. The topological polar surface area (TPSA) is 425 Å². The van der Waals surface area contributed by atoms with Gasteiger partial charge in [-0.1, -0.05) is 162 Å². The van der Waals surface area contributed by atoms with Crippen LogP contribution in [0.5, 0.6) is 0 Å². The fourth-order valence-corrected chi connectivity index (χ4v) is 11.2. The van der Waals surface area contributed by atoms with Crippen molar-refractivity contribution < 1.29 is 92.4 Å². The minimum absolute atomic E-state index is 0.00350. The quantitative estimate of drug-likeness (QED) is 0.0307. The average Bonchev–Trinajstić information content (AvgIpc) is 0.888. The minimum Gasteiger partial charge on any atom is -0.464 e. The van der Waals surface area contributed by atoms with E-state index < -0.39 is 159 Å². The van der Waals surface area contributed by atoms with Crippen LogP contribution in [0.4, 0.5) is 0 Å². The zero-order valence-corrected chi connectivity index (χ0v) is 55.3. The Labute approximate surface area is 539 Å². The Balaban J connectivity index is 2.08. The molecule has 0 bridgehead atoms. The Bertz CT molecular complexity index is 2130. The summed E-state index contributed by atoms with van der Waals surface area (Å²) in [5.41, 5.74) is 11.4. The second-order valence-electron chi connectivity index (χ2n) is 24.6. The van der Waals surface area contributed by atoms with Crippen molar-refractivity contribution >= 4 is 53.2 Å². The number of primary amides is 2. The average molecular weight is 1300 g/mol. The van der Waals surface area contributed by atoms with Crippen molar-refractivity contribution in [3.63, 3.8) is 0 Å². The fourth-order valence-electron chi connectivity index (χ4n) is 11.2. The van der Waals surface area contributed by atoms with Crippen molar-refractivity contribution in [3.8, 4) is 0 Å². The van der Waals surface area contributed by atoms with E-state index in [1.165, 1.54) is 117 Å². The third kappa shape index (κ3) is 33.5. The van der Waals surface area contributed by atoms with Crippen molar-refractivity contribution in [3.05, 3.63) is 0 Å². The molecule has 15 atom stereocenters. The molecule has 2 aliphatic rings. The van der Waals surface area contributed by atoms with Crippen LogP contribution in [-0.4, -0.2) is 190 Å². The predicted molar refractivity (Wildman–Crippen MR) is 337 cm³/mol. The Morgan fingerprint density at radius 3 is 1.43 bits per heavy atom. The molecule has 27 heteroatoms. The third-order valence-electron chi connectivity index (χ3n) is 16.6. The van der Waals surface area contributed by atoms with Gasteiger partial charge in [0.15, 0.2) is 12.6 Å². The second kappa shape index (κ2) is 47.7. The summed E-state index contributed by atoms with van der Waals surface area (Å²) >= 11 is 0. The lowest BCUT2D eigenvalue weighted by molar-refractivity contribution is -0.333. The molecule has 0 aromatic carbocycles. The Kier molecular flexibility index (Phi) is 43.0. The molecule has 8 amide bonds. The van der Waals surface area contributed by atoms with E-state index in [0.29, 0.717) is 12.8 Å². The number of unbranched alkanes of at least 4 members (excludes halogenated alkanes) is 23. The molecular formula is C64H116N8O19. The summed E-state index contributed by atoms with van der Waals surface area (Å²) in [7, 11) is 0. The maximum Gasteiger partial charge on any atom is 0.328 e. The molecular weight excluding hydrogens is 1180 g/mol. The molecule has 0 spiro atoms. The van der Waals surface area contributed by atoms with Gasteiger partial charge in [-0.15, -0.1) is 0 Å². The standard InChI is InChI=1S/C64H116N8O19/c1-7-9-11-13-15-17-19-20-21-22-23-24-26-28-30-35-50(77)70-45(58(65)81)33-32-34-47(62(85)87-38-31-29-27-25-18-16-14-12-10-8-2)71-51(78)37-36-46(59(66)82)72-60(83)41(3)67-61(84)42(4)88-57-53(69-44(6)76)63(86)89-49(40-74)56(57)91-64-52(68-43(5)75)55(80)54(79)48(39-73)90-64/h41-42,45-49,52-57,63-64,73-74,79-80,86H,7-40H2,1-6H3,(H2,65,81)(H2,66,82)(H,67,84)(H,68,75)(H,69,76)(H,70,77)(H,71,78)(H,72,83)/t41-,42?,45-,46+,47-,48+,49+,52+,53+,54+,55+,56+,57+,63?,64-/m0/s1. The number of aliphatic hydroxyl groups is 5. The monoisotopic (exact) mass is 1300 g/mol. The maximum atomic E-state index is 13.7. The summed E-state index contributed by atoms with van der Waals surface area (Å²) in [6.45, 7) is 7.54. The number of esters is 1. The van der Waals surface area contributed by atoms with Crippen LogP contribution < -0.4 is 43.4 Å². The van der Waals surface area contributed by atoms with Crippen LogP contribution in [0.3, 0.4) is 0 Å². The van der Waals surface area contributed by atoms with Crippen LogP contribution >= 0.6 is 0 Å². The molecule has 526 valence electrons. The Hall–Kier alpha value is -5.13. The molecule has 0 aromatic heterocycles. The molecule has 0 aliphatic carbocycles. The molecule has 2 saturated heterocycles. The number of carbonyl (C=O) groups is 9. The van der Waals surface area contributed by atoms with E-state index in [-0.39, 0.29) is 44.6 Å². The van der Waals surface area contributed by atoms with Crippen molar-refractivity contribution in [2.45, 2.75) is 332 Å². The lowest BCUT2D eigenvalue weighted by Gasteiger charge is -2.48. The van der Waals surface area contributed by atoms with Gasteiger partial charge in [0.1, 0.15) is 79.0 Å². The Morgan fingerprint density at radius 2 is 0.934 bits per heavy atom. The van der Waals surface area contributed by atoms with Crippen LogP contribution in [0.15, 0.2) is 0 Å². The molecule has 27 nitrogen and oxygen atoms in total. The van der Waals surface area contributed by atoms with Crippen LogP contribution in [0.2, 0.25) is 0 Å². The van der Waals surface area contributed by atoms with E-state index in [2.05, 4.69) is 45.7 Å². The van der Waals surface area contributed by atoms with E-state index in [4.69, 9.17) is 35.2 Å². The van der Waals surface area contributed by atoms with Crippen molar-refractivity contribution in [2.75, 3.05) is 19.8 Å². The van der Waals surface area contributed by atoms with Gasteiger partial charge in [-0.25, -0.2) is 4.79 Å². The van der Waals surface area contributed by atoms with Crippen LogP contribution in [0.25, 0.3) is 0 Å². The molecule has 2 unspecified atom stereocenters. The number of nitrogens with one attached hydrogen (secondary N) is 6. The van der Waals surface area contributed by atoms with E-state index in [1.807, 2.05) is 0 Å². The Morgan fingerprint density at radius 1 is 0.484 bits per heavy atom. The van der Waals surface area contributed by atoms with Gasteiger partial charge in [-0.3, -0.25) is 38.4 Å². The van der Waals surface area contributed by atoms with Crippen molar-refractivity contribution in [1.82, 2.24) is 31.9 Å². The largest absolute Gasteiger partial charge is 0.464 e. The van der Waals surface area contributed by atoms with Crippen LogP contribution in [0, 0.1) is 0 Å². The number of hydrogen-bond acceptors (Lipinski definition) is 19. The highest BCUT2D eigenvalue weighted by Crippen LogP contribution is 2.31. The molecule has 0 aromatic rings. The van der Waals surface area contributed by atoms with Crippen LogP contribution in [-0.2, 0) is 66.8 Å². The third-order valence-corrected chi connectivity index (χ3v) is 16.6. The summed E-state index contributed by atoms with van der Waals surface area (Å²) in [5, 5.41) is 67.8. The van der Waals surface area contributed by atoms with Gasteiger partial charge >= 0.3 is 5.97 Å². The van der Waals surface area contributed by atoms with Crippen molar-refractivity contribution in [2.24, 2.45) is 11.5 Å². The normalized spacial score (nSPS) is 23.1. The number of rotatable bonds is 51. The molecule has 2 aliphatic heterocycles. The lowest BCUT2D eigenvalue weighted by atomic mass is 9.94. The first-order chi connectivity index (χ1) is 43.5. The van der Waals surface area contributed by atoms with Gasteiger partial charge in [-0.2, -0.15) is 0 Å². The van der Waals surface area contributed by atoms with Crippen LogP contribution in [0.1, 0.15) is 241 Å². The van der Waals surface area contributed by atoms with E-state index >= 15 is 0 Å². The first kappa shape index (κ1) is 82.0. The maximum absolute atomic E-state index is 13.7. The van der Waals surface area contributed by atoms with Gasteiger partial charge in [0, 0.05) is 26.7 Å². The highest BCUT2D eigenvalue weighted by Gasteiger charge is 2.53. The SMILES string of the molecule is CCCCCCCCCCCCCCCCCC(=O)N[C@@H](CCC[C@H](NC(=O)CC[C@@H](NC(=O)[C@H](C)NC(=O)C(C)O[C@H]1[C@H](O[C@@H]2O[C@H](CO)[C@@H](O)[C@H](O)[C@H]2NC(C)=O)[C@@H](CO)OC(O)[C@@H]1NC(C)=O)C(N)=O)C(=O)OCCCCCCCCCCCC)C(N)=O. The summed E-state index contributed by atoms with van der Waals surface area (Å²) in [6, 6.07) is -8.12. The first-order valence-corrected chi connectivity index (χ1v) is 33.9. The number of ether oxygens (including phenoxy) is 5. The second-order valence-corrected chi connectivity index (χ2v) is 24.6. The summed E-state index contributed by atoms with van der Waals surface area (Å²) in [4.78, 5) is 117. The van der Waals surface area contributed by atoms with Gasteiger partial charge in [0.05, 0.1) is 19.8 Å². The van der Waals surface area contributed by atoms with Gasteiger partial charge in [-0.05, 0) is 52.4 Å². The van der Waals surface area contributed by atoms with Gasteiger partial charge in [0.25, 0.3) is 0 Å². The van der Waals surface area contributed by atoms with E-state index in [9.17, 15) is 68.7 Å². The highest BCUT2D eigenvalue weighted by atomic mass is 16.7. The first-order valence-electron chi connectivity index (χ1n) is 33.9. The number of hydrogen-bond donors (Lipinski definition) is 13. The van der Waals surface area contributed by atoms with Crippen molar-refractivity contribution in [1.29, 1.82) is 0 Å². The molecule has 0 radical (unpaired) electrons. The molecule has 2 fully saturated rings. The molecule has 2 rings (SSSR count). The number of amides is 8. The molecule has 91 heavy (non-hydrogen) atoms. The van der Waals surface area contributed by atoms with Gasteiger partial charge < -0.3 is 92.6 Å². The minimum atomic E-state index is -1.88. The summed E-state index contributed by atoms with van der Waals surface area (Å²) in [5.74, 6) is -6.81. The smallest absolute Gasteiger partial charge is 0.328 e. The molecule has 15 N–H and O–H groups in total. The number of nitrogens with two attached hydrogens (primary N) is 2. The highest BCUT2D eigenvalue weighted by molar-refractivity contribution is 5.92. The van der Waals surface area contributed by atoms with E-state index in [0.717, 1.165) is 58.8 Å². The molecule has 2 heterocycles. The number of carbonyl (C=O) groups excluding carboxylic acids is 9. The molecule has 0 saturated carbocycles. The summed E-state index contributed by atoms with van der Waals surface area (Å²) < 4.78 is 29.1. The fraction of sp³-hybridized carbons (Fsp3) is 0.859. The zero-order valence-electron chi connectivity index (χ0n) is 55.3. The lowest BCUT2D eigenvalue weighted by Crippen LogP contribution is -2.70. The van der Waals surface area contributed by atoms with E-state index in [1.54, 1.807) is 0 Å². The predicted octanol–water partition coefficient (Wildman–Crippen LogP) is 2.91. The zero-order chi connectivity index (χ0) is 67.7. The summed E-state index contributed by atoms with van der Waals surface area (Å²) in [6.07, 6.45) is 13.4. The van der Waals surface area contributed by atoms with Gasteiger partial charge in [0.2, 0.25) is 47.3 Å².